The number of nitrogens with zero attached hydrogens (tertiary/aromatic N) is 1. The zero-order valence-corrected chi connectivity index (χ0v) is 19.1. The molecule has 1 heterocycles. The molecule has 1 aliphatic carbocycles. The topological polar surface area (TPSA) is 53.1 Å². The molecule has 0 aromatic heterocycles. The standard InChI is InChI=1S/C28H33N3/c1-28(2,3)26-25-15-21(8-5-17(25)11-12-31(26)4)24-16-23(24)20-9-6-19-14-22(27(29)30)10-7-18(19)13-20/h5-10,13-15,23-24,26H,11-12,16H2,1-4H3,(H3,29,30). The molecule has 3 nitrogen and oxygen atoms in total. The summed E-state index contributed by atoms with van der Waals surface area (Å²) >= 11 is 0. The number of benzene rings is 3. The Morgan fingerprint density at radius 3 is 2.29 bits per heavy atom. The fraction of sp³-hybridized carbons (Fsp3) is 0.393. The summed E-state index contributed by atoms with van der Waals surface area (Å²) in [4.78, 5) is 2.54. The second-order valence-corrected chi connectivity index (χ2v) is 10.6. The minimum absolute atomic E-state index is 0.125. The number of hydrogen-bond donors (Lipinski definition) is 2. The molecule has 31 heavy (non-hydrogen) atoms. The maximum absolute atomic E-state index is 7.66. The highest BCUT2D eigenvalue weighted by Gasteiger charge is 2.41. The molecule has 0 amide bonds. The van der Waals surface area contributed by atoms with Crippen LogP contribution in [0.25, 0.3) is 10.8 Å². The number of nitrogens with two attached hydrogens (primary N) is 1. The van der Waals surface area contributed by atoms with Crippen LogP contribution in [0.3, 0.4) is 0 Å². The number of amidine groups is 1. The molecule has 0 spiro atoms. The van der Waals surface area contributed by atoms with E-state index in [1.165, 1.54) is 28.5 Å². The van der Waals surface area contributed by atoms with Gasteiger partial charge in [0.25, 0.3) is 0 Å². The molecule has 3 N–H and O–H groups in total. The first-order valence-electron chi connectivity index (χ1n) is 11.4. The van der Waals surface area contributed by atoms with Crippen LogP contribution in [0.15, 0.2) is 54.6 Å². The molecule has 0 radical (unpaired) electrons. The number of hydrogen-bond acceptors (Lipinski definition) is 2. The van der Waals surface area contributed by atoms with Crippen LogP contribution in [0.5, 0.6) is 0 Å². The van der Waals surface area contributed by atoms with Crippen LogP contribution >= 0.6 is 0 Å². The molecule has 160 valence electrons. The molecule has 0 saturated heterocycles. The minimum Gasteiger partial charge on any atom is -0.384 e. The van der Waals surface area contributed by atoms with Crippen LogP contribution < -0.4 is 5.73 Å². The highest BCUT2D eigenvalue weighted by molar-refractivity contribution is 5.99. The summed E-state index contributed by atoms with van der Waals surface area (Å²) < 4.78 is 0. The Kier molecular flexibility index (Phi) is 4.71. The van der Waals surface area contributed by atoms with E-state index in [1.807, 2.05) is 12.1 Å². The molecule has 3 aromatic rings. The van der Waals surface area contributed by atoms with Crippen molar-refractivity contribution >= 4 is 16.6 Å². The molecule has 3 atom stereocenters. The SMILES string of the molecule is CN1CCc2ccc(C3CC3c3ccc4cc(C(=N)N)ccc4c3)cc2C1C(C)(C)C. The van der Waals surface area contributed by atoms with Crippen LogP contribution in [0.4, 0.5) is 0 Å². The molecule has 3 aromatic carbocycles. The van der Waals surface area contributed by atoms with Crippen LogP contribution in [0.2, 0.25) is 0 Å². The van der Waals surface area contributed by atoms with Crippen molar-refractivity contribution in [3.05, 3.63) is 82.4 Å². The molecular formula is C28H33N3. The number of nitrogen functional groups attached to an aromatic ring is 1. The van der Waals surface area contributed by atoms with Crippen LogP contribution in [-0.2, 0) is 6.42 Å². The average Bonchev–Trinajstić information content (AvgIpc) is 3.52. The summed E-state index contributed by atoms with van der Waals surface area (Å²) in [6.07, 6.45) is 2.38. The third-order valence-electron chi connectivity index (χ3n) is 7.28. The lowest BCUT2D eigenvalue weighted by molar-refractivity contribution is 0.116. The first kappa shape index (κ1) is 20.3. The van der Waals surface area contributed by atoms with Gasteiger partial charge in [0.05, 0.1) is 0 Å². The first-order chi connectivity index (χ1) is 14.7. The van der Waals surface area contributed by atoms with Crippen LogP contribution in [0, 0.1) is 10.8 Å². The fourth-order valence-corrected chi connectivity index (χ4v) is 5.71. The summed E-state index contributed by atoms with van der Waals surface area (Å²) in [5.41, 5.74) is 12.7. The van der Waals surface area contributed by atoms with E-state index < -0.39 is 0 Å². The molecule has 1 aliphatic heterocycles. The van der Waals surface area contributed by atoms with E-state index >= 15 is 0 Å². The molecule has 3 heteroatoms. The van der Waals surface area contributed by atoms with Gasteiger partial charge in [0.2, 0.25) is 0 Å². The number of rotatable bonds is 3. The summed E-state index contributed by atoms with van der Waals surface area (Å²) in [7, 11) is 2.28. The number of nitrogens with one attached hydrogen (secondary N) is 1. The third kappa shape index (κ3) is 3.65. The highest BCUT2D eigenvalue weighted by atomic mass is 15.1. The van der Waals surface area contributed by atoms with Crippen LogP contribution in [0.1, 0.15) is 72.9 Å². The summed E-state index contributed by atoms with van der Waals surface area (Å²) in [6, 6.07) is 20.6. The molecule has 2 aliphatic rings. The Balaban J connectivity index is 1.43. The Morgan fingerprint density at radius 2 is 1.58 bits per heavy atom. The lowest BCUT2D eigenvalue weighted by Gasteiger charge is -2.43. The van der Waals surface area contributed by atoms with Gasteiger partial charge in [-0.3, -0.25) is 10.3 Å². The lowest BCUT2D eigenvalue weighted by Crippen LogP contribution is -2.39. The quantitative estimate of drug-likeness (QED) is 0.412. The first-order valence-corrected chi connectivity index (χ1v) is 11.4. The lowest BCUT2D eigenvalue weighted by atomic mass is 9.76. The number of fused-ring (bicyclic) bond motifs is 2. The second-order valence-electron chi connectivity index (χ2n) is 10.6. The molecule has 5 rings (SSSR count). The fourth-order valence-electron chi connectivity index (χ4n) is 5.71. The Labute approximate surface area is 185 Å². The van der Waals surface area contributed by atoms with Gasteiger partial charge in [-0.1, -0.05) is 69.3 Å². The van der Waals surface area contributed by atoms with Gasteiger partial charge in [0, 0.05) is 18.2 Å². The highest BCUT2D eigenvalue weighted by Crippen LogP contribution is 2.56. The minimum atomic E-state index is 0.125. The second kappa shape index (κ2) is 7.20. The van der Waals surface area contributed by atoms with Gasteiger partial charge in [-0.15, -0.1) is 0 Å². The van der Waals surface area contributed by atoms with Gasteiger partial charge in [-0.2, -0.15) is 0 Å². The smallest absolute Gasteiger partial charge is 0.122 e. The van der Waals surface area contributed by atoms with Gasteiger partial charge >= 0.3 is 0 Å². The summed E-state index contributed by atoms with van der Waals surface area (Å²) in [5.74, 6) is 1.34. The Bertz CT molecular complexity index is 1170. The van der Waals surface area contributed by atoms with Crippen molar-refractivity contribution in [3.63, 3.8) is 0 Å². The van der Waals surface area contributed by atoms with Gasteiger partial charge < -0.3 is 5.73 Å². The predicted molar refractivity (Wildman–Crippen MR) is 130 cm³/mol. The van der Waals surface area contributed by atoms with Crippen molar-refractivity contribution in [2.75, 3.05) is 13.6 Å². The average molecular weight is 412 g/mol. The zero-order valence-electron chi connectivity index (χ0n) is 19.1. The van der Waals surface area contributed by atoms with Gasteiger partial charge in [0.15, 0.2) is 0 Å². The van der Waals surface area contributed by atoms with Crippen molar-refractivity contribution < 1.29 is 0 Å². The normalized spacial score (nSPS) is 23.5. The maximum atomic E-state index is 7.66. The van der Waals surface area contributed by atoms with Gasteiger partial charge in [0.1, 0.15) is 5.84 Å². The van der Waals surface area contributed by atoms with Gasteiger partial charge in [-0.25, -0.2) is 0 Å². The maximum Gasteiger partial charge on any atom is 0.122 e. The van der Waals surface area contributed by atoms with Crippen molar-refractivity contribution in [3.8, 4) is 0 Å². The van der Waals surface area contributed by atoms with Crippen molar-refractivity contribution in [1.82, 2.24) is 4.90 Å². The molecule has 0 bridgehead atoms. The van der Waals surface area contributed by atoms with Crippen molar-refractivity contribution in [2.45, 2.75) is 51.5 Å². The van der Waals surface area contributed by atoms with E-state index in [0.29, 0.717) is 17.9 Å². The zero-order chi connectivity index (χ0) is 21.9. The molecule has 1 saturated carbocycles. The summed E-state index contributed by atoms with van der Waals surface area (Å²) in [5, 5.41) is 10.0. The van der Waals surface area contributed by atoms with Crippen molar-refractivity contribution in [2.24, 2.45) is 11.1 Å². The van der Waals surface area contributed by atoms with Crippen molar-refractivity contribution in [1.29, 1.82) is 5.41 Å². The van der Waals surface area contributed by atoms with E-state index in [0.717, 1.165) is 23.9 Å². The Morgan fingerprint density at radius 1 is 0.935 bits per heavy atom. The predicted octanol–water partition coefficient (Wildman–Crippen LogP) is 5.97. The molecule has 1 fully saturated rings. The van der Waals surface area contributed by atoms with E-state index in [1.54, 1.807) is 5.56 Å². The largest absolute Gasteiger partial charge is 0.384 e. The van der Waals surface area contributed by atoms with E-state index in [4.69, 9.17) is 11.1 Å². The summed E-state index contributed by atoms with van der Waals surface area (Å²) in [6.45, 7) is 8.23. The van der Waals surface area contributed by atoms with Gasteiger partial charge in [-0.05, 0) is 76.2 Å². The van der Waals surface area contributed by atoms with E-state index in [2.05, 4.69) is 75.2 Å². The molecule has 3 unspecified atom stereocenters. The van der Waals surface area contributed by atoms with E-state index in [-0.39, 0.29) is 11.3 Å². The Hall–Kier alpha value is -2.65. The third-order valence-corrected chi connectivity index (χ3v) is 7.28. The molecular weight excluding hydrogens is 378 g/mol. The number of likely N-dealkylation sites (N-methyl/N-ethyl adjacent to an activating group) is 1. The van der Waals surface area contributed by atoms with E-state index in [9.17, 15) is 0 Å². The monoisotopic (exact) mass is 411 g/mol. The van der Waals surface area contributed by atoms with Crippen LogP contribution in [-0.4, -0.2) is 24.3 Å².